The number of nitrogens with zero attached hydrogens (tertiary/aromatic N) is 5. The molecule has 0 unspecified atom stereocenters. The maximum Gasteiger partial charge on any atom is 0.272 e. The third kappa shape index (κ3) is 8.29. The van der Waals surface area contributed by atoms with Crippen molar-refractivity contribution in [1.82, 2.24) is 19.2 Å². The molecule has 0 saturated heterocycles. The molecule has 0 amide bonds. The van der Waals surface area contributed by atoms with Crippen LogP contribution in [0.15, 0.2) is 146 Å². The Balaban J connectivity index is 0.00000529. The molecular formula is C55H51N5OPt-2. The third-order valence-corrected chi connectivity index (χ3v) is 11.4. The van der Waals surface area contributed by atoms with E-state index in [1.165, 1.54) is 16.7 Å². The molecule has 0 radical (unpaired) electrons. The van der Waals surface area contributed by atoms with E-state index >= 15 is 0 Å². The van der Waals surface area contributed by atoms with Crippen molar-refractivity contribution in [1.29, 1.82) is 0 Å². The first kappa shape index (κ1) is 42.6. The number of para-hydroxylation sites is 1. The number of hydrogen-bond donors (Lipinski definition) is 0. The first-order chi connectivity index (χ1) is 29.1. The van der Waals surface area contributed by atoms with Gasteiger partial charge in [0.2, 0.25) is 0 Å². The van der Waals surface area contributed by atoms with Crippen LogP contribution in [0.25, 0.3) is 61.5 Å². The molecule has 0 aliphatic rings. The van der Waals surface area contributed by atoms with Gasteiger partial charge in [-0.2, -0.15) is 22.9 Å². The molecule has 9 rings (SSSR count). The van der Waals surface area contributed by atoms with Crippen molar-refractivity contribution in [2.24, 2.45) is 0 Å². The average molecular weight is 993 g/mol. The topological polar surface area (TPSA) is 48.8 Å². The Morgan fingerprint density at radius 2 is 1.24 bits per heavy atom. The molecule has 7 heteroatoms. The SMILES string of the molecule is CC(C)(C)c1cccc(-[n+]2[c-]n(-c3[c-]c(Oc4[c-]c5c(cc4)c4ccccc4n5-c4cc(C(C)(C)C)ccn4)ccc3)c(-c3cc(C(C)(C)C)ccc3-c3ccccc3)n2)c1.[Pt]. The van der Waals surface area contributed by atoms with Gasteiger partial charge in [-0.15, -0.1) is 34.8 Å². The van der Waals surface area contributed by atoms with Crippen LogP contribution in [0.3, 0.4) is 0 Å². The van der Waals surface area contributed by atoms with Crippen LogP contribution in [0.5, 0.6) is 11.5 Å². The smallest absolute Gasteiger partial charge is 0.272 e. The Bertz CT molecular complexity index is 3070. The Hall–Kier alpha value is -6.10. The summed E-state index contributed by atoms with van der Waals surface area (Å²) < 4.78 is 12.7. The Morgan fingerprint density at radius 1 is 0.565 bits per heavy atom. The van der Waals surface area contributed by atoms with E-state index in [1.807, 2.05) is 45.8 Å². The molecule has 0 aliphatic carbocycles. The number of ether oxygens (including phenoxy) is 1. The van der Waals surface area contributed by atoms with E-state index in [2.05, 4.69) is 195 Å². The summed E-state index contributed by atoms with van der Waals surface area (Å²) in [5, 5.41) is 7.54. The van der Waals surface area contributed by atoms with Crippen molar-refractivity contribution < 1.29 is 30.5 Å². The standard InChI is InChI=1S/C55H51N5O.Pt/c1-53(2,3)38-19-15-21-42(31-38)59-36-58(52(57-59)48-32-39(54(4,5)6)25-27-45(48)37-17-11-10-12-18-37)41-20-16-22-43(34-41)61-44-26-28-47-46-23-13-14-24-49(46)60(50(47)35-44)51-33-40(29-30-56-51)55(7,8)9;/h10-33H,1-9H3;/q-2;. The van der Waals surface area contributed by atoms with Crippen LogP contribution in [0, 0.1) is 18.5 Å². The number of pyridine rings is 1. The molecular weight excluding hydrogens is 942 g/mol. The van der Waals surface area contributed by atoms with Crippen LogP contribution in [0.1, 0.15) is 79.0 Å². The van der Waals surface area contributed by atoms with Gasteiger partial charge in [-0.25, -0.2) is 4.98 Å². The van der Waals surface area contributed by atoms with Crippen LogP contribution in [-0.2, 0) is 37.3 Å². The summed E-state index contributed by atoms with van der Waals surface area (Å²) in [5.41, 5.74) is 10.3. The van der Waals surface area contributed by atoms with Gasteiger partial charge >= 0.3 is 0 Å². The normalized spacial score (nSPS) is 12.1. The van der Waals surface area contributed by atoms with Crippen LogP contribution in [-0.4, -0.2) is 19.2 Å². The first-order valence-corrected chi connectivity index (χ1v) is 21.0. The van der Waals surface area contributed by atoms with Gasteiger partial charge in [-0.05, 0) is 67.6 Å². The summed E-state index contributed by atoms with van der Waals surface area (Å²) in [6.45, 7) is 20.1. The second kappa shape index (κ2) is 16.3. The predicted molar refractivity (Wildman–Crippen MR) is 247 cm³/mol. The zero-order valence-electron chi connectivity index (χ0n) is 36.8. The Labute approximate surface area is 380 Å². The number of aromatic nitrogens is 5. The maximum absolute atomic E-state index is 6.66. The number of hydrogen-bond acceptors (Lipinski definition) is 3. The van der Waals surface area contributed by atoms with Gasteiger partial charge in [0.05, 0.1) is 5.69 Å². The molecule has 6 nitrogen and oxygen atoms in total. The van der Waals surface area contributed by atoms with Crippen molar-refractivity contribution in [2.75, 3.05) is 0 Å². The fourth-order valence-electron chi connectivity index (χ4n) is 7.85. The minimum absolute atomic E-state index is 0. The molecule has 0 atom stereocenters. The summed E-state index contributed by atoms with van der Waals surface area (Å²) in [6, 6.07) is 55.7. The second-order valence-electron chi connectivity index (χ2n) is 18.9. The molecule has 62 heavy (non-hydrogen) atoms. The van der Waals surface area contributed by atoms with Gasteiger partial charge in [0.25, 0.3) is 6.33 Å². The quantitative estimate of drug-likeness (QED) is 0.118. The van der Waals surface area contributed by atoms with E-state index in [0.29, 0.717) is 11.5 Å². The average Bonchev–Trinajstić information content (AvgIpc) is 3.83. The van der Waals surface area contributed by atoms with E-state index in [0.717, 1.165) is 61.5 Å². The molecule has 0 spiro atoms. The molecule has 0 aliphatic heterocycles. The van der Waals surface area contributed by atoms with Crippen molar-refractivity contribution >= 4 is 21.8 Å². The molecule has 0 N–H and O–H groups in total. The second-order valence-corrected chi connectivity index (χ2v) is 18.9. The molecule has 314 valence electrons. The molecule has 0 saturated carbocycles. The predicted octanol–water partition coefficient (Wildman–Crippen LogP) is 13.1. The molecule has 9 aromatic rings. The van der Waals surface area contributed by atoms with E-state index < -0.39 is 0 Å². The first-order valence-electron chi connectivity index (χ1n) is 21.0. The number of rotatable bonds is 7. The fourth-order valence-corrected chi connectivity index (χ4v) is 7.85. The van der Waals surface area contributed by atoms with Gasteiger partial charge in [0.15, 0.2) is 5.82 Å². The Morgan fingerprint density at radius 3 is 2.00 bits per heavy atom. The zero-order chi connectivity index (χ0) is 42.7. The minimum Gasteiger partial charge on any atom is -0.510 e. The molecule has 3 heterocycles. The number of fused-ring (bicyclic) bond motifs is 3. The van der Waals surface area contributed by atoms with Crippen LogP contribution in [0.2, 0.25) is 0 Å². The van der Waals surface area contributed by atoms with Gasteiger partial charge in [-0.3, -0.25) is 0 Å². The van der Waals surface area contributed by atoms with E-state index in [-0.39, 0.29) is 37.3 Å². The molecule has 6 aromatic carbocycles. The summed E-state index contributed by atoms with van der Waals surface area (Å²) in [7, 11) is 0. The van der Waals surface area contributed by atoms with Gasteiger partial charge < -0.3 is 13.9 Å². The summed E-state index contributed by atoms with van der Waals surface area (Å²) >= 11 is 0. The maximum atomic E-state index is 6.66. The zero-order valence-corrected chi connectivity index (χ0v) is 39.1. The summed E-state index contributed by atoms with van der Waals surface area (Å²) in [4.78, 5) is 4.85. The monoisotopic (exact) mass is 992 g/mol. The Kier molecular flexibility index (Phi) is 11.2. The van der Waals surface area contributed by atoms with Crippen molar-refractivity contribution in [3.05, 3.63) is 181 Å². The fraction of sp³-hybridized carbons (Fsp3) is 0.218. The molecule has 3 aromatic heterocycles. The summed E-state index contributed by atoms with van der Waals surface area (Å²) in [5.74, 6) is 2.70. The van der Waals surface area contributed by atoms with Gasteiger partial charge in [-0.1, -0.05) is 165 Å². The van der Waals surface area contributed by atoms with Crippen LogP contribution < -0.4 is 9.42 Å². The molecule has 0 fully saturated rings. The number of benzene rings is 6. The largest absolute Gasteiger partial charge is 0.510 e. The van der Waals surface area contributed by atoms with E-state index in [9.17, 15) is 0 Å². The van der Waals surface area contributed by atoms with E-state index in [1.54, 1.807) is 0 Å². The van der Waals surface area contributed by atoms with Crippen molar-refractivity contribution in [3.8, 4) is 51.2 Å². The van der Waals surface area contributed by atoms with Crippen molar-refractivity contribution in [2.45, 2.75) is 78.6 Å². The molecule has 0 bridgehead atoms. The van der Waals surface area contributed by atoms with Gasteiger partial charge in [0, 0.05) is 49.8 Å². The van der Waals surface area contributed by atoms with E-state index in [4.69, 9.17) is 14.8 Å². The van der Waals surface area contributed by atoms with Crippen molar-refractivity contribution in [3.63, 3.8) is 0 Å². The van der Waals surface area contributed by atoms with Gasteiger partial charge in [0.1, 0.15) is 5.82 Å². The third-order valence-electron chi connectivity index (χ3n) is 11.4. The summed E-state index contributed by atoms with van der Waals surface area (Å²) in [6.07, 6.45) is 5.51. The van der Waals surface area contributed by atoms with Crippen LogP contribution in [0.4, 0.5) is 0 Å². The minimum atomic E-state index is -0.0865. The van der Waals surface area contributed by atoms with Crippen LogP contribution >= 0.6 is 0 Å².